The van der Waals surface area contributed by atoms with Crippen LogP contribution < -0.4 is 0 Å². The number of fused-ring (bicyclic) bond motifs is 1. The molecule has 5 aliphatic rings. The summed E-state index contributed by atoms with van der Waals surface area (Å²) in [7, 11) is 1.53. The summed E-state index contributed by atoms with van der Waals surface area (Å²) >= 11 is 0. The van der Waals surface area contributed by atoms with Crippen LogP contribution in [0.3, 0.4) is 0 Å². The molecule has 23 heavy (non-hydrogen) atoms. The Morgan fingerprint density at radius 3 is 2.74 bits per heavy atom. The van der Waals surface area contributed by atoms with Gasteiger partial charge in [0.15, 0.2) is 11.6 Å². The molecule has 1 spiro atoms. The predicted molar refractivity (Wildman–Crippen MR) is 79.6 cm³/mol. The number of methoxy groups -OCH3 is 1. The molecule has 0 radical (unpaired) electrons. The fourth-order valence-corrected chi connectivity index (χ4v) is 6.61. The standard InChI is InChI=1S/C18H22O5/c1-8-11(19)5-17(21)7-18-9(3-4-12-10(18)6-23-12)14(20)15(22-2)13(8)16(17)18/h9-10,12,15-16,21H,3-7H2,1-2H3. The first-order valence-corrected chi connectivity index (χ1v) is 8.58. The SMILES string of the molecule is COC1C(=O)C2CCC3OCC3C23CC2(O)CC(=O)C(C)=C1C23. The molecule has 0 aromatic carbocycles. The van der Waals surface area contributed by atoms with Crippen molar-refractivity contribution in [3.8, 4) is 0 Å². The van der Waals surface area contributed by atoms with E-state index < -0.39 is 11.7 Å². The first-order chi connectivity index (χ1) is 10.9. The van der Waals surface area contributed by atoms with Crippen molar-refractivity contribution < 1.29 is 24.2 Å². The van der Waals surface area contributed by atoms with Gasteiger partial charge < -0.3 is 14.6 Å². The average Bonchev–Trinajstić information content (AvgIpc) is 2.45. The molecule has 0 aromatic heterocycles. The first kappa shape index (κ1) is 14.3. The van der Waals surface area contributed by atoms with Crippen LogP contribution in [0.4, 0.5) is 0 Å². The second-order valence-electron chi connectivity index (χ2n) is 8.13. The number of ether oxygens (including phenoxy) is 2. The largest absolute Gasteiger partial charge is 0.389 e. The summed E-state index contributed by atoms with van der Waals surface area (Å²) in [6, 6.07) is 0. The molecule has 3 saturated carbocycles. The number of rotatable bonds is 1. The van der Waals surface area contributed by atoms with Crippen LogP contribution in [0.15, 0.2) is 11.1 Å². The molecule has 7 atom stereocenters. The first-order valence-electron chi connectivity index (χ1n) is 8.58. The Labute approximate surface area is 135 Å². The van der Waals surface area contributed by atoms with Crippen molar-refractivity contribution in [2.24, 2.45) is 23.2 Å². The molecule has 4 fully saturated rings. The lowest BCUT2D eigenvalue weighted by Gasteiger charge is -2.74. The summed E-state index contributed by atoms with van der Waals surface area (Å²) in [6.07, 6.45) is 2.04. The number of carbonyl (C=O) groups excluding carboxylic acids is 2. The van der Waals surface area contributed by atoms with Crippen LogP contribution in [0.25, 0.3) is 0 Å². The van der Waals surface area contributed by atoms with Crippen LogP contribution in [-0.4, -0.2) is 48.2 Å². The summed E-state index contributed by atoms with van der Waals surface area (Å²) in [5.41, 5.74) is 0.212. The van der Waals surface area contributed by atoms with Crippen molar-refractivity contribution in [1.29, 1.82) is 0 Å². The Morgan fingerprint density at radius 1 is 1.30 bits per heavy atom. The molecule has 1 heterocycles. The van der Waals surface area contributed by atoms with Crippen molar-refractivity contribution in [2.75, 3.05) is 13.7 Å². The smallest absolute Gasteiger partial charge is 0.169 e. The molecule has 1 N–H and O–H groups in total. The van der Waals surface area contributed by atoms with Crippen LogP contribution in [0.5, 0.6) is 0 Å². The minimum absolute atomic E-state index is 0.0425. The highest BCUT2D eigenvalue weighted by Crippen LogP contribution is 2.74. The van der Waals surface area contributed by atoms with E-state index in [0.717, 1.165) is 18.4 Å². The Bertz CT molecular complexity index is 666. The Balaban J connectivity index is 1.72. The van der Waals surface area contributed by atoms with Crippen molar-refractivity contribution in [3.05, 3.63) is 11.1 Å². The van der Waals surface area contributed by atoms with Gasteiger partial charge in [0.25, 0.3) is 0 Å². The fraction of sp³-hybridized carbons (Fsp3) is 0.778. The van der Waals surface area contributed by atoms with E-state index in [9.17, 15) is 14.7 Å². The lowest BCUT2D eigenvalue weighted by molar-refractivity contribution is -0.311. The maximum Gasteiger partial charge on any atom is 0.169 e. The van der Waals surface area contributed by atoms with Crippen LogP contribution in [0.1, 0.15) is 32.6 Å². The summed E-state index contributed by atoms with van der Waals surface area (Å²) in [5.74, 6) is 0.230. The zero-order chi connectivity index (χ0) is 16.1. The minimum Gasteiger partial charge on any atom is -0.389 e. The second kappa shape index (κ2) is 4.13. The highest BCUT2D eigenvalue weighted by atomic mass is 16.5. The van der Waals surface area contributed by atoms with E-state index in [1.807, 2.05) is 0 Å². The number of allylic oxidation sites excluding steroid dienone is 1. The van der Waals surface area contributed by atoms with Crippen molar-refractivity contribution in [1.82, 2.24) is 0 Å². The number of Topliss-reactive ketones (excluding diaryl/α,β-unsaturated/α-hetero) is 2. The number of hydrogen-bond acceptors (Lipinski definition) is 5. The molecule has 0 amide bonds. The zero-order valence-corrected chi connectivity index (χ0v) is 13.5. The molecule has 1 aliphatic heterocycles. The number of hydrogen-bond donors (Lipinski definition) is 1. The van der Waals surface area contributed by atoms with Gasteiger partial charge in [0, 0.05) is 31.3 Å². The van der Waals surface area contributed by atoms with Crippen molar-refractivity contribution in [3.63, 3.8) is 0 Å². The molecule has 4 aliphatic carbocycles. The van der Waals surface area contributed by atoms with Crippen LogP contribution in [0, 0.1) is 23.2 Å². The van der Waals surface area contributed by atoms with E-state index in [0.29, 0.717) is 24.5 Å². The number of ketones is 2. The minimum atomic E-state index is -0.987. The van der Waals surface area contributed by atoms with Gasteiger partial charge in [0.2, 0.25) is 0 Å². The van der Waals surface area contributed by atoms with Gasteiger partial charge in [-0.25, -0.2) is 0 Å². The van der Waals surface area contributed by atoms with Gasteiger partial charge in [0.1, 0.15) is 6.10 Å². The third-order valence-corrected chi connectivity index (χ3v) is 7.45. The van der Waals surface area contributed by atoms with E-state index in [4.69, 9.17) is 9.47 Å². The second-order valence-corrected chi connectivity index (χ2v) is 8.13. The fourth-order valence-electron chi connectivity index (χ4n) is 6.61. The van der Waals surface area contributed by atoms with Crippen LogP contribution in [0.2, 0.25) is 0 Å². The quantitative estimate of drug-likeness (QED) is 0.782. The highest BCUT2D eigenvalue weighted by Gasteiger charge is 2.78. The summed E-state index contributed by atoms with van der Waals surface area (Å²) in [5, 5.41) is 11.1. The lowest BCUT2D eigenvalue weighted by Crippen LogP contribution is -2.78. The predicted octanol–water partition coefficient (Wildman–Crippen LogP) is 1.04. The van der Waals surface area contributed by atoms with E-state index in [-0.39, 0.29) is 41.3 Å². The van der Waals surface area contributed by atoms with E-state index >= 15 is 0 Å². The van der Waals surface area contributed by atoms with Gasteiger partial charge >= 0.3 is 0 Å². The number of carbonyl (C=O) groups is 2. The van der Waals surface area contributed by atoms with E-state index in [2.05, 4.69) is 0 Å². The highest BCUT2D eigenvalue weighted by molar-refractivity contribution is 6.02. The normalized spacial score (nSPS) is 53.8. The molecule has 0 aromatic rings. The Kier molecular flexibility index (Phi) is 2.57. The molecular formula is C18H22O5. The molecule has 5 rings (SSSR count). The van der Waals surface area contributed by atoms with E-state index in [1.54, 1.807) is 6.92 Å². The average molecular weight is 318 g/mol. The maximum absolute atomic E-state index is 13.1. The van der Waals surface area contributed by atoms with Gasteiger partial charge in [-0.2, -0.15) is 0 Å². The molecule has 0 bridgehead atoms. The monoisotopic (exact) mass is 318 g/mol. The summed E-state index contributed by atoms with van der Waals surface area (Å²) in [6.45, 7) is 2.47. The molecule has 7 unspecified atom stereocenters. The van der Waals surface area contributed by atoms with E-state index in [1.165, 1.54) is 7.11 Å². The summed E-state index contributed by atoms with van der Waals surface area (Å²) in [4.78, 5) is 25.5. The molecule has 124 valence electrons. The van der Waals surface area contributed by atoms with Gasteiger partial charge in [-0.3, -0.25) is 9.59 Å². The van der Waals surface area contributed by atoms with Crippen LogP contribution >= 0.6 is 0 Å². The Hall–Kier alpha value is -1.04. The number of aliphatic hydroxyl groups is 1. The third kappa shape index (κ3) is 1.38. The molecule has 1 saturated heterocycles. The Morgan fingerprint density at radius 2 is 2.09 bits per heavy atom. The molecule has 5 nitrogen and oxygen atoms in total. The van der Waals surface area contributed by atoms with Gasteiger partial charge in [-0.1, -0.05) is 0 Å². The van der Waals surface area contributed by atoms with Crippen LogP contribution in [-0.2, 0) is 19.1 Å². The molecule has 5 heteroatoms. The zero-order valence-electron chi connectivity index (χ0n) is 13.5. The van der Waals surface area contributed by atoms with Gasteiger partial charge in [-0.05, 0) is 42.7 Å². The van der Waals surface area contributed by atoms with Gasteiger partial charge in [0.05, 0.1) is 18.3 Å². The lowest BCUT2D eigenvalue weighted by atomic mass is 9.32. The molecular weight excluding hydrogens is 296 g/mol. The topological polar surface area (TPSA) is 72.8 Å². The maximum atomic E-state index is 13.1. The third-order valence-electron chi connectivity index (χ3n) is 7.45. The van der Waals surface area contributed by atoms with Gasteiger partial charge in [-0.15, -0.1) is 0 Å². The van der Waals surface area contributed by atoms with Crippen molar-refractivity contribution in [2.45, 2.75) is 50.4 Å². The van der Waals surface area contributed by atoms with Crippen molar-refractivity contribution >= 4 is 11.6 Å². The summed E-state index contributed by atoms with van der Waals surface area (Å²) < 4.78 is 11.2.